The Balaban J connectivity index is 2.47. The summed E-state index contributed by atoms with van der Waals surface area (Å²) in [4.78, 5) is 11.1. The van der Waals surface area contributed by atoms with E-state index in [1.165, 1.54) is 0 Å². The predicted octanol–water partition coefficient (Wildman–Crippen LogP) is 4.31. The van der Waals surface area contributed by atoms with Gasteiger partial charge in [0.2, 0.25) is 5.75 Å². The fraction of sp³-hybridized carbons (Fsp3) is 0.611. The molecule has 6 heteroatoms. The number of carbonyl (C=O) groups excluding carboxylic acids is 1. The number of aldehydes is 1. The molecule has 1 heterocycles. The Hall–Kier alpha value is -1.27. The SMILES string of the molecule is CCC[C@H]1C[C@@H](CC=O)[C@@H](c2cc(OC)c(OC)c(OC)c2Br)O1. The maximum absolute atomic E-state index is 11.1. The Bertz CT molecular complexity index is 575. The van der Waals surface area contributed by atoms with Crippen molar-refractivity contribution in [2.45, 2.75) is 44.8 Å². The van der Waals surface area contributed by atoms with E-state index in [1.54, 1.807) is 21.3 Å². The molecule has 0 saturated carbocycles. The minimum absolute atomic E-state index is 0.151. The molecule has 2 rings (SSSR count). The van der Waals surface area contributed by atoms with Crippen molar-refractivity contribution < 1.29 is 23.7 Å². The normalized spacial score (nSPS) is 23.1. The number of ether oxygens (including phenoxy) is 4. The average molecular weight is 401 g/mol. The van der Waals surface area contributed by atoms with Crippen LogP contribution in [-0.4, -0.2) is 33.7 Å². The summed E-state index contributed by atoms with van der Waals surface area (Å²) in [6.45, 7) is 2.14. The van der Waals surface area contributed by atoms with Crippen LogP contribution in [0, 0.1) is 5.92 Å². The first-order valence-electron chi connectivity index (χ1n) is 8.18. The van der Waals surface area contributed by atoms with Crippen LogP contribution in [0.3, 0.4) is 0 Å². The maximum Gasteiger partial charge on any atom is 0.204 e. The van der Waals surface area contributed by atoms with Gasteiger partial charge in [-0.05, 0) is 40.8 Å². The van der Waals surface area contributed by atoms with Crippen LogP contribution in [0.15, 0.2) is 10.5 Å². The highest BCUT2D eigenvalue weighted by atomic mass is 79.9. The van der Waals surface area contributed by atoms with E-state index in [2.05, 4.69) is 22.9 Å². The van der Waals surface area contributed by atoms with Gasteiger partial charge in [-0.25, -0.2) is 0 Å². The van der Waals surface area contributed by atoms with Crippen molar-refractivity contribution >= 4 is 22.2 Å². The Labute approximate surface area is 151 Å². The Morgan fingerprint density at radius 3 is 2.50 bits per heavy atom. The van der Waals surface area contributed by atoms with Crippen molar-refractivity contribution in [3.05, 3.63) is 16.1 Å². The number of hydrogen-bond acceptors (Lipinski definition) is 5. The first-order chi connectivity index (χ1) is 11.6. The lowest BCUT2D eigenvalue weighted by Gasteiger charge is -2.23. The molecule has 134 valence electrons. The lowest BCUT2D eigenvalue weighted by Crippen LogP contribution is -2.10. The molecule has 1 aliphatic heterocycles. The molecule has 0 spiro atoms. The zero-order valence-corrected chi connectivity index (χ0v) is 16.2. The van der Waals surface area contributed by atoms with Gasteiger partial charge in [0.05, 0.1) is 38.0 Å². The average Bonchev–Trinajstić information content (AvgIpc) is 2.97. The van der Waals surface area contributed by atoms with Gasteiger partial charge in [0.15, 0.2) is 11.5 Å². The molecule has 0 aliphatic carbocycles. The van der Waals surface area contributed by atoms with Crippen LogP contribution in [0.2, 0.25) is 0 Å². The summed E-state index contributed by atoms with van der Waals surface area (Å²) in [6.07, 6.45) is 4.40. The van der Waals surface area contributed by atoms with Crippen LogP contribution in [0.5, 0.6) is 17.2 Å². The van der Waals surface area contributed by atoms with Crippen molar-refractivity contribution in [1.82, 2.24) is 0 Å². The molecule has 24 heavy (non-hydrogen) atoms. The van der Waals surface area contributed by atoms with Gasteiger partial charge in [-0.15, -0.1) is 0 Å². The largest absolute Gasteiger partial charge is 0.493 e. The molecule has 0 amide bonds. The zero-order chi connectivity index (χ0) is 17.7. The van der Waals surface area contributed by atoms with Gasteiger partial charge < -0.3 is 23.7 Å². The van der Waals surface area contributed by atoms with Crippen molar-refractivity contribution in [1.29, 1.82) is 0 Å². The van der Waals surface area contributed by atoms with Gasteiger partial charge in [0.1, 0.15) is 6.29 Å². The Morgan fingerprint density at radius 2 is 1.96 bits per heavy atom. The van der Waals surface area contributed by atoms with Crippen LogP contribution in [0.25, 0.3) is 0 Å². The second-order valence-corrected chi connectivity index (χ2v) is 6.71. The Morgan fingerprint density at radius 1 is 1.25 bits per heavy atom. The molecule has 3 atom stereocenters. The van der Waals surface area contributed by atoms with Gasteiger partial charge >= 0.3 is 0 Å². The molecule has 5 nitrogen and oxygen atoms in total. The van der Waals surface area contributed by atoms with Gasteiger partial charge in [0, 0.05) is 12.0 Å². The molecule has 0 bridgehead atoms. The van der Waals surface area contributed by atoms with E-state index in [-0.39, 0.29) is 18.1 Å². The van der Waals surface area contributed by atoms with E-state index in [0.29, 0.717) is 23.7 Å². The zero-order valence-electron chi connectivity index (χ0n) is 14.6. The van der Waals surface area contributed by atoms with Gasteiger partial charge in [0.25, 0.3) is 0 Å². The number of halogens is 1. The fourth-order valence-corrected chi connectivity index (χ4v) is 4.04. The molecule has 1 fully saturated rings. The summed E-state index contributed by atoms with van der Waals surface area (Å²) in [6, 6.07) is 1.90. The monoisotopic (exact) mass is 400 g/mol. The van der Waals surface area contributed by atoms with E-state index in [4.69, 9.17) is 18.9 Å². The van der Waals surface area contributed by atoms with Crippen molar-refractivity contribution in [2.24, 2.45) is 5.92 Å². The maximum atomic E-state index is 11.1. The quantitative estimate of drug-likeness (QED) is 0.608. The number of benzene rings is 1. The van der Waals surface area contributed by atoms with Crippen LogP contribution >= 0.6 is 15.9 Å². The lowest BCUT2D eigenvalue weighted by atomic mass is 9.90. The molecule has 1 aromatic rings. The molecular weight excluding hydrogens is 376 g/mol. The summed E-state index contributed by atoms with van der Waals surface area (Å²) in [7, 11) is 4.75. The molecule has 1 saturated heterocycles. The third-order valence-corrected chi connectivity index (χ3v) is 5.26. The lowest BCUT2D eigenvalue weighted by molar-refractivity contribution is -0.109. The molecule has 1 aromatic carbocycles. The number of carbonyl (C=O) groups is 1. The van der Waals surface area contributed by atoms with Gasteiger partial charge in [-0.3, -0.25) is 0 Å². The minimum Gasteiger partial charge on any atom is -0.493 e. The van der Waals surface area contributed by atoms with E-state index >= 15 is 0 Å². The minimum atomic E-state index is -0.171. The Kier molecular flexibility index (Phi) is 6.92. The second-order valence-electron chi connectivity index (χ2n) is 5.91. The van der Waals surface area contributed by atoms with E-state index in [1.807, 2.05) is 6.07 Å². The molecule has 0 aromatic heterocycles. The summed E-state index contributed by atoms with van der Waals surface area (Å²) >= 11 is 3.62. The number of rotatable bonds is 8. The number of hydrogen-bond donors (Lipinski definition) is 0. The molecule has 0 radical (unpaired) electrons. The van der Waals surface area contributed by atoms with Crippen molar-refractivity contribution in [2.75, 3.05) is 21.3 Å². The van der Waals surface area contributed by atoms with Crippen molar-refractivity contribution in [3.63, 3.8) is 0 Å². The number of methoxy groups -OCH3 is 3. The van der Waals surface area contributed by atoms with Gasteiger partial charge in [-0.2, -0.15) is 0 Å². The summed E-state index contributed by atoms with van der Waals surface area (Å²) in [5.74, 6) is 1.84. The third kappa shape index (κ3) is 3.70. The smallest absolute Gasteiger partial charge is 0.204 e. The predicted molar refractivity (Wildman–Crippen MR) is 95.1 cm³/mol. The third-order valence-electron chi connectivity index (χ3n) is 4.45. The second kappa shape index (κ2) is 8.72. The summed E-state index contributed by atoms with van der Waals surface area (Å²) < 4.78 is 23.4. The van der Waals surface area contributed by atoms with Gasteiger partial charge in [-0.1, -0.05) is 13.3 Å². The molecular formula is C18H25BrO5. The van der Waals surface area contributed by atoms with Crippen LogP contribution in [-0.2, 0) is 9.53 Å². The highest BCUT2D eigenvalue weighted by Gasteiger charge is 2.38. The molecule has 0 N–H and O–H groups in total. The van der Waals surface area contributed by atoms with Crippen LogP contribution in [0.4, 0.5) is 0 Å². The highest BCUT2D eigenvalue weighted by Crippen LogP contribution is 2.51. The van der Waals surface area contributed by atoms with Crippen LogP contribution < -0.4 is 14.2 Å². The molecule has 0 unspecified atom stereocenters. The van der Waals surface area contributed by atoms with Crippen LogP contribution in [0.1, 0.15) is 44.3 Å². The standard InChI is InChI=1S/C18H25BrO5/c1-5-6-12-9-11(7-8-20)16(24-12)13-10-14(21-2)17(22-3)18(23-4)15(13)19/h8,10-12,16H,5-7,9H2,1-4H3/t11-,12+,16+/m1/s1. The highest BCUT2D eigenvalue weighted by molar-refractivity contribution is 9.10. The molecule has 1 aliphatic rings. The fourth-order valence-electron chi connectivity index (χ4n) is 3.36. The van der Waals surface area contributed by atoms with E-state index < -0.39 is 0 Å². The van der Waals surface area contributed by atoms with E-state index in [9.17, 15) is 4.79 Å². The topological polar surface area (TPSA) is 54.0 Å². The first-order valence-corrected chi connectivity index (χ1v) is 8.97. The summed E-state index contributed by atoms with van der Waals surface area (Å²) in [5, 5.41) is 0. The van der Waals surface area contributed by atoms with E-state index in [0.717, 1.165) is 35.6 Å². The summed E-state index contributed by atoms with van der Waals surface area (Å²) in [5.41, 5.74) is 0.926. The van der Waals surface area contributed by atoms with Crippen molar-refractivity contribution in [3.8, 4) is 17.2 Å². The first kappa shape index (κ1) is 19.1.